The number of aryl methyl sites for hydroxylation is 1. The van der Waals surface area contributed by atoms with E-state index >= 15 is 0 Å². The fraction of sp³-hybridized carbons (Fsp3) is 0.300. The fourth-order valence-electron chi connectivity index (χ4n) is 1.15. The van der Waals surface area contributed by atoms with Gasteiger partial charge in [0, 0.05) is 9.99 Å². The minimum absolute atomic E-state index is 0.0189. The van der Waals surface area contributed by atoms with Crippen molar-refractivity contribution in [1.82, 2.24) is 0 Å². The molecule has 0 atom stereocenters. The van der Waals surface area contributed by atoms with Gasteiger partial charge in [0.1, 0.15) is 5.75 Å². The average molecular weight is 342 g/mol. The van der Waals surface area contributed by atoms with E-state index in [1.807, 2.05) is 22.6 Å². The number of hydrogen-bond acceptors (Lipinski definition) is 2. The zero-order valence-electron chi connectivity index (χ0n) is 8.12. The Bertz CT molecular complexity index is 382. The zero-order valence-corrected chi connectivity index (χ0v) is 10.3. The first-order chi connectivity index (χ1) is 7.49. The molecule has 0 aliphatic heterocycles. The van der Waals surface area contributed by atoms with Crippen molar-refractivity contribution in [2.24, 2.45) is 0 Å². The molecule has 0 aliphatic rings. The summed E-state index contributed by atoms with van der Waals surface area (Å²) in [6, 6.07) is 4.47. The van der Waals surface area contributed by atoms with E-state index in [9.17, 15) is 13.6 Å². The van der Waals surface area contributed by atoms with Gasteiger partial charge in [-0.05, 0) is 46.7 Å². The van der Waals surface area contributed by atoms with Crippen molar-refractivity contribution < 1.29 is 23.4 Å². The van der Waals surface area contributed by atoms with E-state index in [2.05, 4.69) is 4.74 Å². The topological polar surface area (TPSA) is 46.5 Å². The molecule has 0 amide bonds. The Morgan fingerprint density at radius 2 is 2.19 bits per heavy atom. The molecule has 6 heteroatoms. The first kappa shape index (κ1) is 13.1. The highest BCUT2D eigenvalue weighted by atomic mass is 127. The molecule has 0 fully saturated rings. The van der Waals surface area contributed by atoms with E-state index in [1.165, 1.54) is 12.1 Å². The summed E-state index contributed by atoms with van der Waals surface area (Å²) in [5.41, 5.74) is 0.810. The fourth-order valence-corrected chi connectivity index (χ4v) is 1.90. The third-order valence-electron chi connectivity index (χ3n) is 1.86. The van der Waals surface area contributed by atoms with Crippen molar-refractivity contribution in [3.63, 3.8) is 0 Å². The number of halogens is 3. The van der Waals surface area contributed by atoms with Gasteiger partial charge < -0.3 is 9.84 Å². The van der Waals surface area contributed by atoms with Crippen molar-refractivity contribution in [3.8, 4) is 5.75 Å². The molecular weight excluding hydrogens is 333 g/mol. The van der Waals surface area contributed by atoms with Crippen LogP contribution in [0.1, 0.15) is 12.0 Å². The SMILES string of the molecule is O=C(O)CCc1ccc(OC(F)F)cc1I. The molecule has 16 heavy (non-hydrogen) atoms. The molecule has 0 spiro atoms. The number of benzene rings is 1. The highest BCUT2D eigenvalue weighted by Gasteiger charge is 2.08. The van der Waals surface area contributed by atoms with E-state index in [0.29, 0.717) is 6.42 Å². The monoisotopic (exact) mass is 342 g/mol. The molecule has 0 heterocycles. The second-order valence-electron chi connectivity index (χ2n) is 3.03. The van der Waals surface area contributed by atoms with Crippen LogP contribution in [-0.2, 0) is 11.2 Å². The van der Waals surface area contributed by atoms with Gasteiger partial charge in [0.2, 0.25) is 0 Å². The van der Waals surface area contributed by atoms with E-state index in [1.54, 1.807) is 6.07 Å². The zero-order chi connectivity index (χ0) is 12.1. The molecule has 0 aromatic heterocycles. The number of alkyl halides is 2. The van der Waals surface area contributed by atoms with Gasteiger partial charge in [-0.1, -0.05) is 6.07 Å². The highest BCUT2D eigenvalue weighted by molar-refractivity contribution is 14.1. The minimum Gasteiger partial charge on any atom is -0.481 e. The summed E-state index contributed by atoms with van der Waals surface area (Å²) in [6.07, 6.45) is 0.396. The maximum atomic E-state index is 11.9. The van der Waals surface area contributed by atoms with Crippen LogP contribution in [0.5, 0.6) is 5.75 Å². The van der Waals surface area contributed by atoms with Gasteiger partial charge in [-0.3, -0.25) is 4.79 Å². The number of carbonyl (C=O) groups is 1. The van der Waals surface area contributed by atoms with Crippen LogP contribution in [0.2, 0.25) is 0 Å². The molecule has 0 saturated heterocycles. The second kappa shape index (κ2) is 5.97. The van der Waals surface area contributed by atoms with Crippen LogP contribution in [0.25, 0.3) is 0 Å². The van der Waals surface area contributed by atoms with Crippen molar-refractivity contribution in [3.05, 3.63) is 27.3 Å². The summed E-state index contributed by atoms with van der Waals surface area (Å²) in [5.74, 6) is -0.804. The maximum absolute atomic E-state index is 11.9. The van der Waals surface area contributed by atoms with Crippen LogP contribution in [0.4, 0.5) is 8.78 Å². The maximum Gasteiger partial charge on any atom is 0.387 e. The van der Waals surface area contributed by atoms with Crippen molar-refractivity contribution in [2.45, 2.75) is 19.5 Å². The summed E-state index contributed by atoms with van der Waals surface area (Å²) >= 11 is 1.96. The van der Waals surface area contributed by atoms with Crippen LogP contribution in [-0.4, -0.2) is 17.7 Å². The molecule has 1 aromatic rings. The second-order valence-corrected chi connectivity index (χ2v) is 4.19. The quantitative estimate of drug-likeness (QED) is 0.837. The van der Waals surface area contributed by atoms with Crippen molar-refractivity contribution in [1.29, 1.82) is 0 Å². The van der Waals surface area contributed by atoms with Crippen LogP contribution < -0.4 is 4.74 Å². The molecule has 0 bridgehead atoms. The lowest BCUT2D eigenvalue weighted by atomic mass is 10.1. The summed E-state index contributed by atoms with van der Waals surface area (Å²) in [5, 5.41) is 8.51. The van der Waals surface area contributed by atoms with Gasteiger partial charge in [0.25, 0.3) is 0 Å². The standard InChI is InChI=1S/C10H9F2IO3/c11-10(12)16-7-3-1-6(8(13)5-7)2-4-9(14)15/h1,3,5,10H,2,4H2,(H,14,15). The van der Waals surface area contributed by atoms with Gasteiger partial charge in [-0.25, -0.2) is 0 Å². The van der Waals surface area contributed by atoms with Crippen molar-refractivity contribution >= 4 is 28.6 Å². The van der Waals surface area contributed by atoms with Gasteiger partial charge >= 0.3 is 12.6 Å². The van der Waals surface area contributed by atoms with E-state index in [0.717, 1.165) is 9.13 Å². The van der Waals surface area contributed by atoms with Gasteiger partial charge in [0.05, 0.1) is 0 Å². The first-order valence-electron chi connectivity index (χ1n) is 4.44. The summed E-state index contributed by atoms with van der Waals surface area (Å²) < 4.78 is 28.7. The molecule has 3 nitrogen and oxygen atoms in total. The van der Waals surface area contributed by atoms with Crippen LogP contribution in [0.15, 0.2) is 18.2 Å². The molecule has 0 radical (unpaired) electrons. The van der Waals surface area contributed by atoms with E-state index in [4.69, 9.17) is 5.11 Å². The van der Waals surface area contributed by atoms with Crippen LogP contribution >= 0.6 is 22.6 Å². The van der Waals surface area contributed by atoms with Crippen LogP contribution in [0, 0.1) is 3.57 Å². The lowest BCUT2D eigenvalue weighted by molar-refractivity contribution is -0.136. The Labute approximate surface area is 105 Å². The summed E-state index contributed by atoms with van der Waals surface area (Å²) in [6.45, 7) is -2.85. The summed E-state index contributed by atoms with van der Waals surface area (Å²) in [4.78, 5) is 10.4. The van der Waals surface area contributed by atoms with E-state index in [-0.39, 0.29) is 12.2 Å². The largest absolute Gasteiger partial charge is 0.481 e. The smallest absolute Gasteiger partial charge is 0.387 e. The third kappa shape index (κ3) is 4.30. The minimum atomic E-state index is -2.85. The molecule has 1 N–H and O–H groups in total. The Morgan fingerprint density at radius 3 is 2.69 bits per heavy atom. The van der Waals surface area contributed by atoms with Gasteiger partial charge in [-0.2, -0.15) is 8.78 Å². The molecule has 0 aliphatic carbocycles. The van der Waals surface area contributed by atoms with E-state index < -0.39 is 12.6 Å². The lowest BCUT2D eigenvalue weighted by Crippen LogP contribution is -2.03. The number of ether oxygens (including phenoxy) is 1. The Morgan fingerprint density at radius 1 is 1.50 bits per heavy atom. The number of aliphatic carboxylic acids is 1. The normalized spacial score (nSPS) is 10.5. The Kier molecular flexibility index (Phi) is 4.91. The number of carboxylic acids is 1. The number of hydrogen-bond donors (Lipinski definition) is 1. The molecule has 1 aromatic carbocycles. The Hall–Kier alpha value is -0.920. The molecule has 88 valence electrons. The number of carboxylic acid groups (broad SMARTS) is 1. The van der Waals surface area contributed by atoms with Crippen LogP contribution in [0.3, 0.4) is 0 Å². The molecular formula is C10H9F2IO3. The predicted octanol–water partition coefficient (Wildman–Crippen LogP) is 2.91. The highest BCUT2D eigenvalue weighted by Crippen LogP contribution is 2.22. The third-order valence-corrected chi connectivity index (χ3v) is 2.86. The Balaban J connectivity index is 2.71. The average Bonchev–Trinajstić information content (AvgIpc) is 2.15. The van der Waals surface area contributed by atoms with Crippen molar-refractivity contribution in [2.75, 3.05) is 0 Å². The molecule has 0 saturated carbocycles. The molecule has 1 rings (SSSR count). The molecule has 0 unspecified atom stereocenters. The predicted molar refractivity (Wildman–Crippen MR) is 61.7 cm³/mol. The summed E-state index contributed by atoms with van der Waals surface area (Å²) in [7, 11) is 0. The lowest BCUT2D eigenvalue weighted by Gasteiger charge is -2.07. The number of rotatable bonds is 5. The van der Waals surface area contributed by atoms with Gasteiger partial charge in [-0.15, -0.1) is 0 Å². The first-order valence-corrected chi connectivity index (χ1v) is 5.52. The van der Waals surface area contributed by atoms with Gasteiger partial charge in [0.15, 0.2) is 0 Å².